The first-order valence-corrected chi connectivity index (χ1v) is 5.19. The van der Waals surface area contributed by atoms with Crippen LogP contribution in [-0.2, 0) is 9.53 Å². The molecule has 5 heteroatoms. The third kappa shape index (κ3) is 3.79. The standard InChI is InChI=1S/C12H15NO4/c1-8-3-4-9(12(16)17-2)7-10(8)13-6-5-11(14)15/h3-4,7,13H,5-6H2,1-2H3,(H,14,15). The molecule has 5 nitrogen and oxygen atoms in total. The maximum absolute atomic E-state index is 11.3. The molecule has 0 atom stereocenters. The monoisotopic (exact) mass is 237 g/mol. The van der Waals surface area contributed by atoms with Gasteiger partial charge in [0.25, 0.3) is 0 Å². The van der Waals surface area contributed by atoms with Crippen LogP contribution in [0, 0.1) is 6.92 Å². The highest BCUT2D eigenvalue weighted by Gasteiger charge is 2.07. The highest BCUT2D eigenvalue weighted by molar-refractivity contribution is 5.90. The fraction of sp³-hybridized carbons (Fsp3) is 0.333. The van der Waals surface area contributed by atoms with Crippen molar-refractivity contribution in [2.45, 2.75) is 13.3 Å². The fourth-order valence-corrected chi connectivity index (χ4v) is 1.36. The van der Waals surface area contributed by atoms with E-state index >= 15 is 0 Å². The molecule has 0 unspecified atom stereocenters. The Bertz CT molecular complexity index is 429. The van der Waals surface area contributed by atoms with Gasteiger partial charge in [0.2, 0.25) is 0 Å². The van der Waals surface area contributed by atoms with E-state index in [1.807, 2.05) is 6.92 Å². The Balaban J connectivity index is 2.76. The van der Waals surface area contributed by atoms with Crippen LogP contribution in [0.25, 0.3) is 0 Å². The van der Waals surface area contributed by atoms with Gasteiger partial charge in [0.05, 0.1) is 19.1 Å². The molecule has 0 aliphatic heterocycles. The lowest BCUT2D eigenvalue weighted by atomic mass is 10.1. The number of carboxylic acids is 1. The first-order valence-electron chi connectivity index (χ1n) is 5.19. The number of anilines is 1. The molecule has 0 saturated heterocycles. The van der Waals surface area contributed by atoms with Crippen LogP contribution in [0.4, 0.5) is 5.69 Å². The van der Waals surface area contributed by atoms with Crippen molar-refractivity contribution in [2.75, 3.05) is 19.0 Å². The number of carboxylic acid groups (broad SMARTS) is 1. The summed E-state index contributed by atoms with van der Waals surface area (Å²) in [5, 5.41) is 11.5. The van der Waals surface area contributed by atoms with Gasteiger partial charge in [-0.15, -0.1) is 0 Å². The van der Waals surface area contributed by atoms with Crippen molar-refractivity contribution in [3.05, 3.63) is 29.3 Å². The number of carbonyl (C=O) groups excluding carboxylic acids is 1. The second kappa shape index (κ2) is 5.89. The van der Waals surface area contributed by atoms with E-state index in [0.717, 1.165) is 11.3 Å². The molecule has 0 fully saturated rings. The number of esters is 1. The molecule has 1 rings (SSSR count). The molecular weight excluding hydrogens is 222 g/mol. The Morgan fingerprint density at radius 3 is 2.71 bits per heavy atom. The number of benzene rings is 1. The van der Waals surface area contributed by atoms with Crippen molar-refractivity contribution in [1.82, 2.24) is 0 Å². The fourth-order valence-electron chi connectivity index (χ4n) is 1.36. The third-order valence-electron chi connectivity index (χ3n) is 2.31. The number of methoxy groups -OCH3 is 1. The van der Waals surface area contributed by atoms with E-state index in [-0.39, 0.29) is 6.42 Å². The highest BCUT2D eigenvalue weighted by Crippen LogP contribution is 2.17. The van der Waals surface area contributed by atoms with E-state index in [0.29, 0.717) is 12.1 Å². The summed E-state index contributed by atoms with van der Waals surface area (Å²) in [7, 11) is 1.32. The maximum Gasteiger partial charge on any atom is 0.337 e. The second-order valence-electron chi connectivity index (χ2n) is 3.59. The number of rotatable bonds is 5. The van der Waals surface area contributed by atoms with E-state index in [1.54, 1.807) is 18.2 Å². The first-order chi connectivity index (χ1) is 8.04. The smallest absolute Gasteiger partial charge is 0.337 e. The number of aryl methyl sites for hydroxylation is 1. The number of hydrogen-bond donors (Lipinski definition) is 2. The van der Waals surface area contributed by atoms with Crippen LogP contribution in [-0.4, -0.2) is 30.7 Å². The molecule has 0 aliphatic rings. The first kappa shape index (κ1) is 13.0. The van der Waals surface area contributed by atoms with Gasteiger partial charge in [0.15, 0.2) is 0 Å². The van der Waals surface area contributed by atoms with Crippen molar-refractivity contribution in [2.24, 2.45) is 0 Å². The third-order valence-corrected chi connectivity index (χ3v) is 2.31. The number of carbonyl (C=O) groups is 2. The molecule has 0 heterocycles. The molecule has 1 aromatic rings. The molecule has 17 heavy (non-hydrogen) atoms. The summed E-state index contributed by atoms with van der Waals surface area (Å²) in [6.07, 6.45) is 0.0297. The average molecular weight is 237 g/mol. The van der Waals surface area contributed by atoms with Gasteiger partial charge in [-0.05, 0) is 24.6 Å². The van der Waals surface area contributed by atoms with Crippen molar-refractivity contribution in [3.63, 3.8) is 0 Å². The van der Waals surface area contributed by atoms with Crippen molar-refractivity contribution in [3.8, 4) is 0 Å². The Labute approximate surface area is 99.4 Å². The van der Waals surface area contributed by atoms with Crippen LogP contribution >= 0.6 is 0 Å². The number of ether oxygens (including phenoxy) is 1. The molecule has 0 saturated carbocycles. The van der Waals surface area contributed by atoms with Crippen molar-refractivity contribution < 1.29 is 19.4 Å². The van der Waals surface area contributed by atoms with Gasteiger partial charge in [-0.2, -0.15) is 0 Å². The molecule has 0 amide bonds. The van der Waals surface area contributed by atoms with Crippen LogP contribution in [0.2, 0.25) is 0 Å². The molecule has 0 spiro atoms. The zero-order chi connectivity index (χ0) is 12.8. The van der Waals surface area contributed by atoms with Crippen molar-refractivity contribution >= 4 is 17.6 Å². The molecule has 0 radical (unpaired) electrons. The largest absolute Gasteiger partial charge is 0.481 e. The Hall–Kier alpha value is -2.04. The van der Waals surface area contributed by atoms with Gasteiger partial charge in [0.1, 0.15) is 0 Å². The SMILES string of the molecule is COC(=O)c1ccc(C)c(NCCC(=O)O)c1. The minimum absolute atomic E-state index is 0.0297. The molecule has 0 bridgehead atoms. The lowest BCUT2D eigenvalue weighted by Gasteiger charge is -2.09. The molecular formula is C12H15NO4. The van der Waals surface area contributed by atoms with Crippen LogP contribution in [0.1, 0.15) is 22.3 Å². The lowest BCUT2D eigenvalue weighted by molar-refractivity contribution is -0.136. The minimum Gasteiger partial charge on any atom is -0.481 e. The normalized spacial score (nSPS) is 9.76. The summed E-state index contributed by atoms with van der Waals surface area (Å²) in [6.45, 7) is 2.20. The van der Waals surface area contributed by atoms with Crippen LogP contribution < -0.4 is 5.32 Å². The maximum atomic E-state index is 11.3. The predicted octanol–water partition coefficient (Wildman–Crippen LogP) is 1.67. The number of nitrogens with one attached hydrogen (secondary N) is 1. The topological polar surface area (TPSA) is 75.6 Å². The van der Waals surface area contributed by atoms with Gasteiger partial charge in [-0.1, -0.05) is 6.07 Å². The van der Waals surface area contributed by atoms with E-state index in [1.165, 1.54) is 7.11 Å². The summed E-state index contributed by atoms with van der Waals surface area (Å²) in [6, 6.07) is 5.11. The minimum atomic E-state index is -0.862. The molecule has 0 aliphatic carbocycles. The second-order valence-corrected chi connectivity index (χ2v) is 3.59. The zero-order valence-corrected chi connectivity index (χ0v) is 9.82. The average Bonchev–Trinajstić information content (AvgIpc) is 2.30. The van der Waals surface area contributed by atoms with Crippen molar-refractivity contribution in [1.29, 1.82) is 0 Å². The predicted molar refractivity (Wildman–Crippen MR) is 63.3 cm³/mol. The van der Waals surface area contributed by atoms with E-state index in [9.17, 15) is 9.59 Å². The number of hydrogen-bond acceptors (Lipinski definition) is 4. The summed E-state index contributed by atoms with van der Waals surface area (Å²) in [5.41, 5.74) is 2.13. The Morgan fingerprint density at radius 1 is 1.41 bits per heavy atom. The van der Waals surface area contributed by atoms with E-state index in [2.05, 4.69) is 10.1 Å². The Kier molecular flexibility index (Phi) is 4.51. The summed E-state index contributed by atoms with van der Waals surface area (Å²) in [4.78, 5) is 21.7. The molecule has 2 N–H and O–H groups in total. The zero-order valence-electron chi connectivity index (χ0n) is 9.82. The van der Waals surface area contributed by atoms with Gasteiger partial charge in [-0.25, -0.2) is 4.79 Å². The summed E-state index contributed by atoms with van der Waals surface area (Å²) >= 11 is 0. The Morgan fingerprint density at radius 2 is 2.12 bits per heavy atom. The highest BCUT2D eigenvalue weighted by atomic mass is 16.5. The quantitative estimate of drug-likeness (QED) is 0.762. The van der Waals surface area contributed by atoms with Crippen LogP contribution in [0.15, 0.2) is 18.2 Å². The van der Waals surface area contributed by atoms with Gasteiger partial charge in [-0.3, -0.25) is 4.79 Å². The van der Waals surface area contributed by atoms with Gasteiger partial charge < -0.3 is 15.2 Å². The van der Waals surface area contributed by atoms with Crippen LogP contribution in [0.3, 0.4) is 0 Å². The number of aliphatic carboxylic acids is 1. The summed E-state index contributed by atoms with van der Waals surface area (Å²) < 4.78 is 4.61. The molecule has 1 aromatic carbocycles. The van der Waals surface area contributed by atoms with Crippen LogP contribution in [0.5, 0.6) is 0 Å². The summed E-state index contributed by atoms with van der Waals surface area (Å²) in [5.74, 6) is -1.27. The van der Waals surface area contributed by atoms with E-state index < -0.39 is 11.9 Å². The van der Waals surface area contributed by atoms with Gasteiger partial charge in [0, 0.05) is 12.2 Å². The molecule has 92 valence electrons. The lowest BCUT2D eigenvalue weighted by Crippen LogP contribution is -2.09. The van der Waals surface area contributed by atoms with Gasteiger partial charge >= 0.3 is 11.9 Å². The molecule has 0 aromatic heterocycles. The van der Waals surface area contributed by atoms with E-state index in [4.69, 9.17) is 5.11 Å².